The van der Waals surface area contributed by atoms with E-state index in [0.717, 1.165) is 28.4 Å². The minimum Gasteiger partial charge on any atom is -0.569 e. The molecular formula is C29H33F3N6O9S. The number of hydrogen-bond donors (Lipinski definition) is 1. The number of piperidine rings is 1. The number of halogens is 3. The van der Waals surface area contributed by atoms with Gasteiger partial charge in [-0.3, -0.25) is 4.84 Å². The van der Waals surface area contributed by atoms with E-state index >= 15 is 0 Å². The quantitative estimate of drug-likeness (QED) is 0.0901. The lowest BCUT2D eigenvalue weighted by Crippen LogP contribution is -2.40. The van der Waals surface area contributed by atoms with Crippen LogP contribution in [0.15, 0.2) is 64.8 Å². The highest BCUT2D eigenvalue weighted by Gasteiger charge is 2.35. The fraction of sp³-hybridized carbons (Fsp3) is 0.414. The Balaban J connectivity index is 1.30. The number of nitrogens with zero attached hydrogens (tertiary/aromatic N) is 5. The monoisotopic (exact) mass is 698 g/mol. The van der Waals surface area contributed by atoms with E-state index < -0.39 is 40.4 Å². The molecule has 48 heavy (non-hydrogen) atoms. The van der Waals surface area contributed by atoms with Crippen molar-refractivity contribution in [1.82, 2.24) is 19.5 Å². The van der Waals surface area contributed by atoms with Crippen molar-refractivity contribution in [2.75, 3.05) is 26.3 Å². The number of rotatable bonds is 11. The van der Waals surface area contributed by atoms with E-state index in [1.54, 1.807) is 31.2 Å². The van der Waals surface area contributed by atoms with Crippen LogP contribution in [-0.4, -0.2) is 73.0 Å². The van der Waals surface area contributed by atoms with E-state index in [1.807, 2.05) is 11.6 Å². The van der Waals surface area contributed by atoms with E-state index in [9.17, 15) is 36.4 Å². The molecule has 0 aliphatic carbocycles. The third-order valence-corrected chi connectivity index (χ3v) is 8.36. The molecule has 260 valence electrons. The van der Waals surface area contributed by atoms with Crippen LogP contribution in [0.1, 0.15) is 37.9 Å². The molecule has 0 bridgehead atoms. The highest BCUT2D eigenvalue weighted by atomic mass is 32.2. The zero-order valence-electron chi connectivity index (χ0n) is 26.0. The summed E-state index contributed by atoms with van der Waals surface area (Å²) in [5, 5.41) is 20.5. The van der Waals surface area contributed by atoms with Crippen molar-refractivity contribution < 1.29 is 55.2 Å². The molecule has 1 amide bonds. The van der Waals surface area contributed by atoms with Gasteiger partial charge in [-0.1, -0.05) is 29.8 Å². The van der Waals surface area contributed by atoms with Crippen LogP contribution in [-0.2, 0) is 35.2 Å². The van der Waals surface area contributed by atoms with E-state index in [-0.39, 0.29) is 53.5 Å². The Bertz CT molecular complexity index is 1710. The van der Waals surface area contributed by atoms with Crippen LogP contribution >= 0.6 is 0 Å². The number of aromatic nitrogens is 2. The molecule has 1 unspecified atom stereocenters. The molecule has 1 atom stereocenters. The second-order valence-corrected chi connectivity index (χ2v) is 12.3. The number of amides is 1. The highest BCUT2D eigenvalue weighted by molar-refractivity contribution is 7.90. The van der Waals surface area contributed by atoms with Crippen LogP contribution in [0, 0.1) is 18.0 Å². The topological polar surface area (TPSA) is 177 Å². The zero-order valence-corrected chi connectivity index (χ0v) is 26.9. The maximum atomic E-state index is 13.5. The first-order valence-corrected chi connectivity index (χ1v) is 16.1. The van der Waals surface area contributed by atoms with Crippen LogP contribution < -0.4 is 4.72 Å². The summed E-state index contributed by atoms with van der Waals surface area (Å²) in [5.74, 6) is -0.187. The second-order valence-electron chi connectivity index (χ2n) is 10.6. The summed E-state index contributed by atoms with van der Waals surface area (Å²) in [6.45, 7) is 5.18. The number of alkyl halides is 3. The third kappa shape index (κ3) is 9.49. The Morgan fingerprint density at radius 3 is 2.35 bits per heavy atom. The summed E-state index contributed by atoms with van der Waals surface area (Å²) in [5.41, 5.74) is 0.562. The third-order valence-electron chi connectivity index (χ3n) is 7.03. The Kier molecular flexibility index (Phi) is 11.3. The first kappa shape index (κ1) is 35.8. The van der Waals surface area contributed by atoms with Gasteiger partial charge in [0.1, 0.15) is 0 Å². The number of carbonyl (C=O) groups is 2. The van der Waals surface area contributed by atoms with Crippen LogP contribution in [0.25, 0.3) is 16.9 Å². The van der Waals surface area contributed by atoms with Crippen LogP contribution in [0.4, 0.5) is 22.8 Å². The fourth-order valence-electron chi connectivity index (χ4n) is 4.53. The smallest absolute Gasteiger partial charge is 0.511 e. The molecule has 0 saturated carbocycles. The molecule has 1 N–H and O–H groups in total. The van der Waals surface area contributed by atoms with Crippen molar-refractivity contribution in [3.63, 3.8) is 0 Å². The summed E-state index contributed by atoms with van der Waals surface area (Å²) in [7, 11) is -4.40. The summed E-state index contributed by atoms with van der Waals surface area (Å²) >= 11 is 0. The van der Waals surface area contributed by atoms with Crippen molar-refractivity contribution in [3.8, 4) is 16.9 Å². The lowest BCUT2D eigenvalue weighted by Gasteiger charge is -2.27. The van der Waals surface area contributed by atoms with Crippen molar-refractivity contribution in [1.29, 1.82) is 0 Å². The maximum absolute atomic E-state index is 13.5. The van der Waals surface area contributed by atoms with Gasteiger partial charge in [-0.25, -0.2) is 27.4 Å². The summed E-state index contributed by atoms with van der Waals surface area (Å²) < 4.78 is 83.5. The van der Waals surface area contributed by atoms with Gasteiger partial charge in [0.2, 0.25) is 5.28 Å². The Morgan fingerprint density at radius 2 is 1.75 bits per heavy atom. The number of ether oxygens (including phenoxy) is 3. The van der Waals surface area contributed by atoms with E-state index in [4.69, 9.17) is 14.3 Å². The van der Waals surface area contributed by atoms with Gasteiger partial charge in [0.15, 0.2) is 5.69 Å². The fourth-order valence-corrected chi connectivity index (χ4v) is 5.42. The average Bonchev–Trinajstić information content (AvgIpc) is 3.50. The minimum atomic E-state index is -4.71. The second kappa shape index (κ2) is 15.2. The van der Waals surface area contributed by atoms with Gasteiger partial charge in [-0.15, -0.1) is 5.01 Å². The van der Waals surface area contributed by atoms with Crippen molar-refractivity contribution in [2.45, 2.75) is 51.0 Å². The molecule has 2 heterocycles. The van der Waals surface area contributed by atoms with Gasteiger partial charge < -0.3 is 19.4 Å². The number of carbonyl (C=O) groups excluding carboxylic acids is 2. The van der Waals surface area contributed by atoms with Gasteiger partial charge >= 0.3 is 18.4 Å². The number of hydrazine groups is 1. The molecule has 19 heteroatoms. The van der Waals surface area contributed by atoms with E-state index in [0.29, 0.717) is 18.4 Å². The average molecular weight is 699 g/mol. The van der Waals surface area contributed by atoms with Crippen LogP contribution in [0.5, 0.6) is 0 Å². The molecule has 15 nitrogen and oxygen atoms in total. The molecular weight excluding hydrogens is 665 g/mol. The predicted octanol–water partition coefficient (Wildman–Crippen LogP) is 5.32. The number of benzene rings is 2. The van der Waals surface area contributed by atoms with Crippen molar-refractivity contribution in [3.05, 3.63) is 71.1 Å². The van der Waals surface area contributed by atoms with Crippen LogP contribution in [0.2, 0.25) is 0 Å². The lowest BCUT2D eigenvalue weighted by atomic mass is 9.99. The molecule has 0 spiro atoms. The van der Waals surface area contributed by atoms with Gasteiger partial charge in [0, 0.05) is 12.5 Å². The van der Waals surface area contributed by atoms with Gasteiger partial charge in [0.05, 0.1) is 47.5 Å². The SMILES string of the molecule is CCOC(=O)OC(C)O/N=[N+](/[O-])N1CCC(COC(=O)NS(=O)(=O)c2ccc(-n3nc(C(F)(F)F)cc3-c3ccc(C)cc3)cc2)CC1. The summed E-state index contributed by atoms with van der Waals surface area (Å²) in [6, 6.07) is 12.5. The molecule has 1 aliphatic heterocycles. The predicted molar refractivity (Wildman–Crippen MR) is 159 cm³/mol. The molecule has 1 aliphatic rings. The molecule has 1 aromatic heterocycles. The van der Waals surface area contributed by atoms with Crippen molar-refractivity contribution in [2.24, 2.45) is 11.2 Å². The highest BCUT2D eigenvalue weighted by Crippen LogP contribution is 2.33. The largest absolute Gasteiger partial charge is 0.569 e. The standard InChI is InChI=1S/C29H33F3N6O9S/c1-4-44-28(40)46-20(3)47-35-38(41)36-15-13-21(14-16-36)18-45-27(39)34-48(42,43)24-11-9-23(10-12-24)37-25(17-26(33-37)29(30,31)32)22-7-5-19(2)6-8-22/h5-12,17,20-21H,4,13-16,18H2,1-3H3,(H,34,39)/b38-35+. The first-order valence-electron chi connectivity index (χ1n) is 14.6. The van der Waals surface area contributed by atoms with Crippen molar-refractivity contribution >= 4 is 22.3 Å². The summed E-state index contributed by atoms with van der Waals surface area (Å²) in [6.07, 6.45) is -7.28. The van der Waals surface area contributed by atoms with Crippen LogP contribution in [0.3, 0.4) is 0 Å². The minimum absolute atomic E-state index is 0.101. The molecule has 1 fully saturated rings. The zero-order chi connectivity index (χ0) is 35.1. The van der Waals surface area contributed by atoms with E-state index in [2.05, 4.69) is 15.1 Å². The first-order chi connectivity index (χ1) is 22.7. The molecule has 1 saturated heterocycles. The lowest BCUT2D eigenvalue weighted by molar-refractivity contribution is -0.715. The van der Waals surface area contributed by atoms with E-state index in [1.165, 1.54) is 24.1 Å². The molecule has 0 radical (unpaired) electrons. The van der Waals surface area contributed by atoms with Gasteiger partial charge in [-0.05, 0) is 62.9 Å². The molecule has 3 aromatic rings. The van der Waals surface area contributed by atoms with Gasteiger partial charge in [0.25, 0.3) is 16.3 Å². The molecule has 4 rings (SSSR count). The number of hydrogen-bond acceptors (Lipinski definition) is 11. The Hall–Kier alpha value is -5.07. The maximum Gasteiger partial charge on any atom is 0.511 e. The number of sulfonamides is 1. The molecule has 2 aromatic carbocycles. The van der Waals surface area contributed by atoms with Gasteiger partial charge in [-0.2, -0.15) is 18.3 Å². The summed E-state index contributed by atoms with van der Waals surface area (Å²) in [4.78, 5) is 28.3. The Morgan fingerprint density at radius 1 is 1.10 bits per heavy atom. The number of nitrogens with one attached hydrogen (secondary N) is 1. The Labute approximate surface area is 273 Å². The number of aryl methyl sites for hydroxylation is 1. The normalized spacial score (nSPS) is 15.0.